The van der Waals surface area contributed by atoms with Gasteiger partial charge >= 0.3 is 11.9 Å². The lowest BCUT2D eigenvalue weighted by Crippen LogP contribution is -2.57. The molecule has 0 saturated heterocycles. The molecule has 0 aromatic rings. The van der Waals surface area contributed by atoms with E-state index in [0.717, 1.165) is 0 Å². The highest BCUT2D eigenvalue weighted by molar-refractivity contribution is 5.97. The summed E-state index contributed by atoms with van der Waals surface area (Å²) in [5.74, 6) is -10.2. The number of hydrogen-bond donors (Lipinski definition) is 11. The van der Waals surface area contributed by atoms with Crippen LogP contribution in [-0.2, 0) is 47.9 Å². The predicted molar refractivity (Wildman–Crippen MR) is 145 cm³/mol. The highest BCUT2D eigenvalue weighted by atomic mass is 16.4. The van der Waals surface area contributed by atoms with Crippen LogP contribution in [0.1, 0.15) is 39.5 Å². The minimum atomic E-state index is -1.60. The fourth-order valence-electron chi connectivity index (χ4n) is 3.13. The van der Waals surface area contributed by atoms with Gasteiger partial charge in [0, 0.05) is 6.42 Å². The van der Waals surface area contributed by atoms with E-state index in [1.54, 1.807) is 0 Å². The molecule has 14 N–H and O–H groups in total. The number of amides is 8. The van der Waals surface area contributed by atoms with Crippen molar-refractivity contribution in [2.75, 3.05) is 13.1 Å². The van der Waals surface area contributed by atoms with Gasteiger partial charge in [-0.25, -0.2) is 4.79 Å². The second-order valence-corrected chi connectivity index (χ2v) is 9.35. The zero-order valence-electron chi connectivity index (χ0n) is 23.8. The highest BCUT2D eigenvalue weighted by Crippen LogP contribution is 1.98. The van der Waals surface area contributed by atoms with Crippen LogP contribution in [0.15, 0.2) is 0 Å². The minimum Gasteiger partial charge on any atom is -0.481 e. The molecule has 0 radical (unpaired) electrons. The molecule has 21 heteroatoms. The average molecular weight is 632 g/mol. The maximum absolute atomic E-state index is 12.7. The molecule has 0 fully saturated rings. The third-order valence-corrected chi connectivity index (χ3v) is 5.45. The molecular weight excluding hydrogens is 594 g/mol. The Labute approximate surface area is 249 Å². The van der Waals surface area contributed by atoms with Gasteiger partial charge < -0.3 is 59.3 Å². The van der Waals surface area contributed by atoms with Crippen molar-refractivity contribution in [1.29, 1.82) is 0 Å². The zero-order chi connectivity index (χ0) is 34.1. The van der Waals surface area contributed by atoms with Crippen LogP contribution in [0.2, 0.25) is 0 Å². The molecule has 0 aliphatic carbocycles. The Morgan fingerprint density at radius 2 is 1.14 bits per heavy atom. The lowest BCUT2D eigenvalue weighted by molar-refractivity contribution is -0.142. The Kier molecular flexibility index (Phi) is 16.7. The Morgan fingerprint density at radius 3 is 1.64 bits per heavy atom. The molecule has 0 aromatic heterocycles. The maximum Gasteiger partial charge on any atom is 0.326 e. The van der Waals surface area contributed by atoms with E-state index in [-0.39, 0.29) is 12.8 Å². The van der Waals surface area contributed by atoms with Crippen molar-refractivity contribution in [3.05, 3.63) is 0 Å². The summed E-state index contributed by atoms with van der Waals surface area (Å²) in [4.78, 5) is 117. The fourth-order valence-corrected chi connectivity index (χ4v) is 3.13. The minimum absolute atomic E-state index is 0.286. The largest absolute Gasteiger partial charge is 0.481 e. The van der Waals surface area contributed by atoms with Crippen molar-refractivity contribution >= 4 is 59.2 Å². The molecule has 246 valence electrons. The van der Waals surface area contributed by atoms with E-state index < -0.39 is 115 Å². The Morgan fingerprint density at radius 1 is 0.614 bits per heavy atom. The van der Waals surface area contributed by atoms with Gasteiger partial charge in [0.1, 0.15) is 24.2 Å². The van der Waals surface area contributed by atoms with Gasteiger partial charge in [0.25, 0.3) is 0 Å². The summed E-state index contributed by atoms with van der Waals surface area (Å²) >= 11 is 0. The monoisotopic (exact) mass is 631 g/mol. The highest BCUT2D eigenvalue weighted by Gasteiger charge is 2.29. The van der Waals surface area contributed by atoms with Gasteiger partial charge in [0.05, 0.1) is 32.0 Å². The number of primary amides is 2. The Balaban J connectivity index is 4.99. The molecule has 0 saturated carbocycles. The standard InChI is InChI=1S/C23H37N9O12/c1-9(19(39)27-8-17(36)31-12(23(43)44)3-4-14(25)33)30-22(42)13(6-15(26)34)32-20(40)10(2)29-16(35)7-28-21(41)11(24)5-18(37)38/h9-13H,3-8,24H2,1-2H3,(H2,25,33)(H2,26,34)(H,27,39)(H,28,41)(H,29,35)(H,30,42)(H,31,36)(H,32,40)(H,37,38)(H,43,44). The van der Waals surface area contributed by atoms with Gasteiger partial charge in [0.2, 0.25) is 47.3 Å². The first-order chi connectivity index (χ1) is 20.3. The summed E-state index contributed by atoms with van der Waals surface area (Å²) in [6.07, 6.45) is -2.00. The molecule has 0 bridgehead atoms. The van der Waals surface area contributed by atoms with Crippen molar-refractivity contribution in [3.8, 4) is 0 Å². The molecule has 0 aliphatic heterocycles. The second-order valence-electron chi connectivity index (χ2n) is 9.35. The molecule has 0 heterocycles. The van der Waals surface area contributed by atoms with Gasteiger partial charge in [-0.05, 0) is 20.3 Å². The Hall–Kier alpha value is -5.34. The number of nitrogens with one attached hydrogen (secondary N) is 6. The number of hydrogen-bond acceptors (Lipinski definition) is 11. The maximum atomic E-state index is 12.7. The smallest absolute Gasteiger partial charge is 0.326 e. The molecule has 44 heavy (non-hydrogen) atoms. The average Bonchev–Trinajstić information content (AvgIpc) is 2.90. The van der Waals surface area contributed by atoms with E-state index in [0.29, 0.717) is 0 Å². The molecule has 0 aromatic carbocycles. The van der Waals surface area contributed by atoms with E-state index >= 15 is 0 Å². The van der Waals surface area contributed by atoms with Gasteiger partial charge in [-0.2, -0.15) is 0 Å². The number of carboxylic acid groups (broad SMARTS) is 2. The first kappa shape index (κ1) is 38.7. The van der Waals surface area contributed by atoms with Crippen LogP contribution in [0.5, 0.6) is 0 Å². The summed E-state index contributed by atoms with van der Waals surface area (Å²) < 4.78 is 0. The summed E-state index contributed by atoms with van der Waals surface area (Å²) in [6.45, 7) is 1.03. The molecule has 8 amide bonds. The van der Waals surface area contributed by atoms with E-state index in [1.807, 2.05) is 0 Å². The third kappa shape index (κ3) is 16.2. The van der Waals surface area contributed by atoms with Crippen molar-refractivity contribution < 1.29 is 58.2 Å². The molecule has 0 aliphatic rings. The van der Waals surface area contributed by atoms with E-state index in [4.69, 9.17) is 27.4 Å². The number of nitrogens with two attached hydrogens (primary N) is 3. The summed E-state index contributed by atoms with van der Waals surface area (Å²) in [5, 5.41) is 30.7. The fraction of sp³-hybridized carbons (Fsp3) is 0.565. The zero-order valence-corrected chi connectivity index (χ0v) is 23.8. The summed E-state index contributed by atoms with van der Waals surface area (Å²) in [7, 11) is 0. The number of carbonyl (C=O) groups is 10. The first-order valence-electron chi connectivity index (χ1n) is 12.9. The van der Waals surface area contributed by atoms with Crippen LogP contribution in [0.25, 0.3) is 0 Å². The van der Waals surface area contributed by atoms with Gasteiger partial charge in [-0.15, -0.1) is 0 Å². The van der Waals surface area contributed by atoms with Gasteiger partial charge in [-0.1, -0.05) is 0 Å². The number of rotatable bonds is 20. The predicted octanol–water partition coefficient (Wildman–Crippen LogP) is -6.77. The van der Waals surface area contributed by atoms with Crippen molar-refractivity contribution in [2.24, 2.45) is 17.2 Å². The van der Waals surface area contributed by atoms with E-state index in [9.17, 15) is 47.9 Å². The topological polar surface area (TPSA) is 361 Å². The van der Waals surface area contributed by atoms with Gasteiger partial charge in [-0.3, -0.25) is 43.2 Å². The van der Waals surface area contributed by atoms with Crippen LogP contribution in [0.3, 0.4) is 0 Å². The van der Waals surface area contributed by atoms with Crippen molar-refractivity contribution in [3.63, 3.8) is 0 Å². The normalized spacial score (nSPS) is 13.8. The number of aliphatic carboxylic acids is 2. The second kappa shape index (κ2) is 19.0. The third-order valence-electron chi connectivity index (χ3n) is 5.45. The SMILES string of the molecule is CC(NC(=O)CNC(=O)C(N)CC(=O)O)C(=O)NC(CC(N)=O)C(=O)NC(C)C(=O)NCC(=O)NC(CCC(N)=O)C(=O)O. The molecule has 0 rings (SSSR count). The van der Waals surface area contributed by atoms with Crippen LogP contribution < -0.4 is 49.1 Å². The quantitative estimate of drug-likeness (QED) is 0.0596. The molecular formula is C23H37N9O12. The summed E-state index contributed by atoms with van der Waals surface area (Å²) in [6, 6.07) is -7.11. The molecule has 5 atom stereocenters. The lowest BCUT2D eigenvalue weighted by atomic mass is 10.1. The molecule has 0 spiro atoms. The van der Waals surface area contributed by atoms with E-state index in [2.05, 4.69) is 31.9 Å². The lowest BCUT2D eigenvalue weighted by Gasteiger charge is -2.22. The Bertz CT molecular complexity index is 1150. The van der Waals surface area contributed by atoms with Crippen LogP contribution in [0.4, 0.5) is 0 Å². The molecule has 21 nitrogen and oxygen atoms in total. The van der Waals surface area contributed by atoms with Crippen LogP contribution in [-0.4, -0.2) is 113 Å². The van der Waals surface area contributed by atoms with Crippen molar-refractivity contribution in [2.45, 2.75) is 69.7 Å². The van der Waals surface area contributed by atoms with Gasteiger partial charge in [0.15, 0.2) is 0 Å². The number of carbonyl (C=O) groups excluding carboxylic acids is 8. The van der Waals surface area contributed by atoms with Crippen LogP contribution >= 0.6 is 0 Å². The molecule has 5 unspecified atom stereocenters. The van der Waals surface area contributed by atoms with Crippen LogP contribution in [0, 0.1) is 0 Å². The first-order valence-corrected chi connectivity index (χ1v) is 12.9. The number of carboxylic acids is 2. The summed E-state index contributed by atoms with van der Waals surface area (Å²) in [5.41, 5.74) is 15.5. The van der Waals surface area contributed by atoms with E-state index in [1.165, 1.54) is 13.8 Å². The van der Waals surface area contributed by atoms with Crippen molar-refractivity contribution in [1.82, 2.24) is 31.9 Å².